The average molecular weight is 431 g/mol. The first kappa shape index (κ1) is 21.7. The summed E-state index contributed by atoms with van der Waals surface area (Å²) in [4.78, 5) is 0. The molecule has 13 heteroatoms. The van der Waals surface area contributed by atoms with E-state index in [1.165, 1.54) is 0 Å². The van der Waals surface area contributed by atoms with E-state index < -0.39 is 16.1 Å². The van der Waals surface area contributed by atoms with Crippen molar-refractivity contribution in [3.8, 4) is 10.8 Å². The van der Waals surface area contributed by atoms with E-state index in [0.29, 0.717) is 5.08 Å². The van der Waals surface area contributed by atoms with E-state index in [0.717, 1.165) is 23.5 Å². The zero-order valence-electron chi connectivity index (χ0n) is 7.91. The van der Waals surface area contributed by atoms with Crippen LogP contribution in [-0.4, -0.2) is 19.8 Å². The van der Waals surface area contributed by atoms with Gasteiger partial charge in [-0.2, -0.15) is 10.5 Å². The van der Waals surface area contributed by atoms with Gasteiger partial charge in [0.15, 0.2) is 0 Å². The Balaban J connectivity index is 0. The lowest BCUT2D eigenvalue weighted by molar-refractivity contribution is 0.597. The highest BCUT2D eigenvalue weighted by atomic mass is 35.6. The van der Waals surface area contributed by atoms with E-state index in [2.05, 4.69) is 0 Å². The lowest BCUT2D eigenvalue weighted by atomic mass is 11.8. The van der Waals surface area contributed by atoms with Gasteiger partial charge in [0, 0.05) is 0 Å². The predicted octanol–water partition coefficient (Wildman–Crippen LogP) is 4.43. The van der Waals surface area contributed by atoms with E-state index in [9.17, 15) is 8.42 Å². The van der Waals surface area contributed by atoms with Crippen LogP contribution >= 0.6 is 93.1 Å². The van der Waals surface area contributed by atoms with E-state index in [-0.39, 0.29) is 0 Å². The smallest absolute Gasteiger partial charge is 0.220 e. The van der Waals surface area contributed by atoms with Crippen molar-refractivity contribution in [2.75, 3.05) is 5.08 Å². The van der Waals surface area contributed by atoms with Gasteiger partial charge in [-0.25, -0.2) is 8.42 Å². The highest BCUT2D eigenvalue weighted by Crippen LogP contribution is 2.46. The second-order valence-electron chi connectivity index (χ2n) is 1.98. The lowest BCUT2D eigenvalue weighted by Gasteiger charge is -2.17. The number of halogens is 6. The summed E-state index contributed by atoms with van der Waals surface area (Å²) < 4.78 is 16.5. The number of rotatable bonds is 2. The summed E-state index contributed by atoms with van der Waals surface area (Å²) in [5.41, 5.74) is 0. The number of alkyl halides is 6. The van der Waals surface area contributed by atoms with E-state index in [4.69, 9.17) is 80.1 Å². The van der Waals surface area contributed by atoms with Crippen molar-refractivity contribution in [2.24, 2.45) is 0 Å². The molecule has 0 unspecified atom stereocenters. The van der Waals surface area contributed by atoms with Gasteiger partial charge in [0.05, 0.1) is 5.08 Å². The zero-order chi connectivity index (χ0) is 15.0. The molecule has 0 aromatic carbocycles. The first-order chi connectivity index (χ1) is 7.91. The summed E-state index contributed by atoms with van der Waals surface area (Å²) >= 11 is 32.2. The van der Waals surface area contributed by atoms with Gasteiger partial charge in [-0.3, -0.25) is 0 Å². The van der Waals surface area contributed by atoms with Gasteiger partial charge in [0.1, 0.15) is 10.8 Å². The fraction of sp³-hybridized carbons (Fsp3) is 0.600. The van der Waals surface area contributed by atoms with Crippen LogP contribution in [0.2, 0.25) is 0 Å². The van der Waals surface area contributed by atoms with Gasteiger partial charge in [0.25, 0.3) is 6.25 Å². The Morgan fingerprint density at radius 3 is 1.28 bits per heavy atom. The molecule has 4 nitrogen and oxygen atoms in total. The van der Waals surface area contributed by atoms with Crippen LogP contribution in [0.4, 0.5) is 0 Å². The maximum Gasteiger partial charge on any atom is 0.296 e. The molecule has 104 valence electrons. The third kappa shape index (κ3) is 8.52. The molecular formula is C5H2Cl6N2O2S3. The standard InChI is InChI=1S/C3H2N2S2.C2Cl6O2S/c4-1-6-3-7-2-5;3-1(4,5)11(9,10)2(6,7)8/h3H2;. The fourth-order valence-corrected chi connectivity index (χ4v) is 4.28. The Kier molecular flexibility index (Phi) is 11.2. The molecule has 0 saturated heterocycles. The van der Waals surface area contributed by atoms with Crippen LogP contribution in [0.1, 0.15) is 0 Å². The van der Waals surface area contributed by atoms with Crippen LogP contribution in [0.3, 0.4) is 0 Å². The van der Waals surface area contributed by atoms with Crippen LogP contribution in [-0.2, 0) is 9.84 Å². The van der Waals surface area contributed by atoms with Crippen molar-refractivity contribution in [1.82, 2.24) is 0 Å². The summed E-state index contributed by atoms with van der Waals surface area (Å²) in [5.74, 6) is 0. The molecule has 0 fully saturated rings. The van der Waals surface area contributed by atoms with Crippen molar-refractivity contribution in [3.63, 3.8) is 0 Å². The first-order valence-electron chi connectivity index (χ1n) is 3.31. The number of nitrogens with zero attached hydrogens (tertiary/aromatic N) is 2. The maximum absolute atomic E-state index is 10.9. The highest BCUT2D eigenvalue weighted by Gasteiger charge is 2.52. The highest BCUT2D eigenvalue weighted by molar-refractivity contribution is 8.20. The number of thiocyanates is 2. The van der Waals surface area contributed by atoms with Crippen LogP contribution < -0.4 is 0 Å². The van der Waals surface area contributed by atoms with E-state index in [1.807, 2.05) is 10.8 Å². The largest absolute Gasteiger partial charge is 0.296 e. The summed E-state index contributed by atoms with van der Waals surface area (Å²) in [7, 11) is -4.42. The van der Waals surface area contributed by atoms with Crippen molar-refractivity contribution in [2.45, 2.75) is 6.25 Å². The molecule has 0 aliphatic carbocycles. The minimum atomic E-state index is -4.42. The third-order valence-electron chi connectivity index (χ3n) is 0.856. The molecule has 0 aliphatic rings. The number of sulfone groups is 1. The lowest BCUT2D eigenvalue weighted by Crippen LogP contribution is -2.31. The van der Waals surface area contributed by atoms with Gasteiger partial charge in [0.2, 0.25) is 9.84 Å². The molecule has 0 aromatic heterocycles. The van der Waals surface area contributed by atoms with Gasteiger partial charge >= 0.3 is 0 Å². The summed E-state index contributed by atoms with van der Waals surface area (Å²) in [5, 5.41) is 20.0. The minimum Gasteiger partial charge on any atom is -0.220 e. The van der Waals surface area contributed by atoms with E-state index in [1.54, 1.807) is 0 Å². The molecule has 0 bridgehead atoms. The van der Waals surface area contributed by atoms with E-state index >= 15 is 0 Å². The van der Waals surface area contributed by atoms with Gasteiger partial charge in [-0.05, 0) is 23.5 Å². The molecule has 0 radical (unpaired) electrons. The molecule has 0 aromatic rings. The molecule has 0 N–H and O–H groups in total. The third-order valence-corrected chi connectivity index (χ3v) is 6.93. The Bertz CT molecular complexity index is 394. The molecule has 0 spiro atoms. The van der Waals surface area contributed by atoms with Crippen LogP contribution in [0, 0.1) is 21.3 Å². The zero-order valence-corrected chi connectivity index (χ0v) is 14.9. The van der Waals surface area contributed by atoms with Crippen LogP contribution in [0.25, 0.3) is 0 Å². The number of hydrogen-bond donors (Lipinski definition) is 0. The predicted molar refractivity (Wildman–Crippen MR) is 80.8 cm³/mol. The van der Waals surface area contributed by atoms with Crippen molar-refractivity contribution < 1.29 is 8.42 Å². The quantitative estimate of drug-likeness (QED) is 0.279. The van der Waals surface area contributed by atoms with Gasteiger partial charge < -0.3 is 0 Å². The summed E-state index contributed by atoms with van der Waals surface area (Å²) in [6.45, 7) is 0. The molecule has 0 amide bonds. The second kappa shape index (κ2) is 9.33. The van der Waals surface area contributed by atoms with Crippen molar-refractivity contribution >= 4 is 103 Å². The van der Waals surface area contributed by atoms with Gasteiger partial charge in [-0.1, -0.05) is 69.6 Å². The number of thioether (sulfide) groups is 2. The molecule has 18 heavy (non-hydrogen) atoms. The maximum atomic E-state index is 10.9. The Morgan fingerprint density at radius 2 is 1.17 bits per heavy atom. The second-order valence-corrected chi connectivity index (χ2v) is 12.0. The number of nitriles is 2. The van der Waals surface area contributed by atoms with Gasteiger partial charge in [-0.15, -0.1) is 0 Å². The fourth-order valence-electron chi connectivity index (χ4n) is 0.213. The first-order valence-corrected chi connectivity index (χ1v) is 9.03. The SMILES string of the molecule is N#CSCSC#N.O=S(=O)(C(Cl)(Cl)Cl)C(Cl)(Cl)Cl. The Labute approximate surface area is 143 Å². The monoisotopic (exact) mass is 428 g/mol. The molecule has 0 aliphatic heterocycles. The molecule has 0 saturated carbocycles. The Hall–Kier alpha value is 1.37. The minimum absolute atomic E-state index is 0.549. The molecule has 0 rings (SSSR count). The van der Waals surface area contributed by atoms with Crippen LogP contribution in [0.5, 0.6) is 0 Å². The molecule has 0 heterocycles. The molecule has 0 atom stereocenters. The topological polar surface area (TPSA) is 81.7 Å². The Morgan fingerprint density at radius 1 is 0.889 bits per heavy atom. The normalized spacial score (nSPS) is 11.8. The number of hydrogen-bond acceptors (Lipinski definition) is 6. The van der Waals surface area contributed by atoms with Crippen molar-refractivity contribution in [3.05, 3.63) is 0 Å². The van der Waals surface area contributed by atoms with Crippen molar-refractivity contribution in [1.29, 1.82) is 10.5 Å². The summed E-state index contributed by atoms with van der Waals surface area (Å²) in [6.07, 6.45) is 0. The van der Waals surface area contributed by atoms with Crippen LogP contribution in [0.15, 0.2) is 0 Å². The average Bonchev–Trinajstić information content (AvgIpc) is 2.16. The summed E-state index contributed by atoms with van der Waals surface area (Å²) in [6, 6.07) is 0. The molecular weight excluding hydrogens is 429 g/mol.